The van der Waals surface area contributed by atoms with Gasteiger partial charge in [0.15, 0.2) is 5.75 Å². The maximum atomic E-state index is 11.8. The maximum absolute atomic E-state index is 11.8. The molecule has 0 unspecified atom stereocenters. The lowest BCUT2D eigenvalue weighted by Crippen LogP contribution is -1.99. The van der Waals surface area contributed by atoms with E-state index in [1.54, 1.807) is 24.3 Å². The third kappa shape index (κ3) is 3.14. The molecule has 6 nitrogen and oxygen atoms in total. The molecule has 0 amide bonds. The van der Waals surface area contributed by atoms with Crippen LogP contribution in [0, 0.1) is 0 Å². The van der Waals surface area contributed by atoms with Gasteiger partial charge in [-0.2, -0.15) is 8.42 Å². The van der Waals surface area contributed by atoms with E-state index in [9.17, 15) is 18.1 Å². The van der Waals surface area contributed by atoms with E-state index in [-0.39, 0.29) is 27.1 Å². The number of phenols is 1. The number of benzene rings is 4. The van der Waals surface area contributed by atoms with Crippen molar-refractivity contribution >= 4 is 43.0 Å². The summed E-state index contributed by atoms with van der Waals surface area (Å²) in [6.07, 6.45) is 0. The van der Waals surface area contributed by atoms with Crippen LogP contribution in [0.5, 0.6) is 5.75 Å². The first-order valence-corrected chi connectivity index (χ1v) is 9.51. The molecule has 0 atom stereocenters. The molecule has 0 aromatic heterocycles. The topological polar surface area (TPSA) is 99.3 Å². The highest BCUT2D eigenvalue weighted by molar-refractivity contribution is 7.86. The van der Waals surface area contributed by atoms with Crippen molar-refractivity contribution in [3.63, 3.8) is 0 Å². The first-order valence-electron chi connectivity index (χ1n) is 8.07. The lowest BCUT2D eigenvalue weighted by molar-refractivity contribution is 0.480. The van der Waals surface area contributed by atoms with E-state index in [1.807, 2.05) is 36.4 Å². The summed E-state index contributed by atoms with van der Waals surface area (Å²) in [7, 11) is -4.50. The van der Waals surface area contributed by atoms with Crippen molar-refractivity contribution in [2.75, 3.05) is 0 Å². The SMILES string of the molecule is O=S(=O)(O)c1cc(N=Nc2cccc3ccccc23)c(O)c2ccccc12. The first kappa shape index (κ1) is 17.1. The van der Waals surface area contributed by atoms with Gasteiger partial charge in [0.2, 0.25) is 0 Å². The Bertz CT molecular complexity index is 1310. The number of phenolic OH excluding ortho intramolecular Hbond substituents is 1. The molecule has 0 spiro atoms. The average molecular weight is 378 g/mol. The van der Waals surface area contributed by atoms with E-state index in [0.717, 1.165) is 16.8 Å². The van der Waals surface area contributed by atoms with Crippen molar-refractivity contribution < 1.29 is 18.1 Å². The smallest absolute Gasteiger partial charge is 0.295 e. The van der Waals surface area contributed by atoms with Crippen molar-refractivity contribution in [1.82, 2.24) is 0 Å². The van der Waals surface area contributed by atoms with Gasteiger partial charge >= 0.3 is 0 Å². The fourth-order valence-electron chi connectivity index (χ4n) is 3.01. The van der Waals surface area contributed by atoms with Gasteiger partial charge in [-0.05, 0) is 17.5 Å². The van der Waals surface area contributed by atoms with E-state index in [4.69, 9.17) is 0 Å². The Morgan fingerprint density at radius 3 is 2.04 bits per heavy atom. The minimum absolute atomic E-state index is 0.0470. The van der Waals surface area contributed by atoms with Crippen LogP contribution >= 0.6 is 0 Å². The number of azo groups is 1. The standard InChI is InChI=1S/C20H14N2O4S/c23-20-16-10-4-3-9-15(16)19(27(24,25)26)12-18(20)22-21-17-11-5-7-13-6-1-2-8-14(13)17/h1-12,23H,(H,24,25,26). The van der Waals surface area contributed by atoms with Crippen molar-refractivity contribution in [1.29, 1.82) is 0 Å². The Morgan fingerprint density at radius 2 is 1.30 bits per heavy atom. The zero-order valence-corrected chi connectivity index (χ0v) is 14.8. The normalized spacial score (nSPS) is 12.2. The molecule has 0 heterocycles. The molecule has 0 saturated heterocycles. The molecule has 4 rings (SSSR count). The fourth-order valence-corrected chi connectivity index (χ4v) is 3.72. The molecule has 4 aromatic rings. The molecule has 7 heteroatoms. The molecule has 0 saturated carbocycles. The lowest BCUT2D eigenvalue weighted by atomic mass is 10.1. The fraction of sp³-hybridized carbons (Fsp3) is 0. The van der Waals surface area contributed by atoms with Crippen molar-refractivity contribution in [2.24, 2.45) is 10.2 Å². The maximum Gasteiger partial charge on any atom is 0.295 e. The number of nitrogens with zero attached hydrogens (tertiary/aromatic N) is 2. The number of hydrogen-bond acceptors (Lipinski definition) is 5. The van der Waals surface area contributed by atoms with E-state index in [2.05, 4.69) is 10.2 Å². The zero-order valence-electron chi connectivity index (χ0n) is 13.9. The molecular formula is C20H14N2O4S. The zero-order chi connectivity index (χ0) is 19.0. The predicted octanol–water partition coefficient (Wildman–Crippen LogP) is 5.36. The highest BCUT2D eigenvalue weighted by atomic mass is 32.2. The molecule has 27 heavy (non-hydrogen) atoms. The highest BCUT2D eigenvalue weighted by Gasteiger charge is 2.19. The molecular weight excluding hydrogens is 364 g/mol. The third-order valence-corrected chi connectivity index (χ3v) is 5.16. The molecule has 0 fully saturated rings. The van der Waals surface area contributed by atoms with Crippen molar-refractivity contribution in [2.45, 2.75) is 4.90 Å². The quantitative estimate of drug-likeness (QED) is 0.370. The first-order chi connectivity index (χ1) is 12.9. The predicted molar refractivity (Wildman–Crippen MR) is 104 cm³/mol. The van der Waals surface area contributed by atoms with Crippen LogP contribution in [-0.2, 0) is 10.1 Å². The monoisotopic (exact) mass is 378 g/mol. The van der Waals surface area contributed by atoms with E-state index < -0.39 is 10.1 Å². The molecule has 0 aliphatic carbocycles. The van der Waals surface area contributed by atoms with Crippen LogP contribution in [0.4, 0.5) is 11.4 Å². The van der Waals surface area contributed by atoms with Crippen LogP contribution in [0.25, 0.3) is 21.5 Å². The molecule has 0 aliphatic rings. The summed E-state index contributed by atoms with van der Waals surface area (Å²) in [5.41, 5.74) is 0.531. The summed E-state index contributed by atoms with van der Waals surface area (Å²) in [6, 6.07) is 20.6. The molecule has 2 N–H and O–H groups in total. The van der Waals surface area contributed by atoms with Crippen LogP contribution in [0.15, 0.2) is 87.9 Å². The molecule has 0 bridgehead atoms. The summed E-state index contributed by atoms with van der Waals surface area (Å²) in [6.45, 7) is 0. The van der Waals surface area contributed by atoms with Gasteiger partial charge in [-0.15, -0.1) is 10.2 Å². The molecule has 134 valence electrons. The summed E-state index contributed by atoms with van der Waals surface area (Å²) in [5.74, 6) is -0.206. The van der Waals surface area contributed by atoms with Gasteiger partial charge in [-0.3, -0.25) is 4.55 Å². The second-order valence-electron chi connectivity index (χ2n) is 5.96. The number of fused-ring (bicyclic) bond motifs is 2. The summed E-state index contributed by atoms with van der Waals surface area (Å²) in [4.78, 5) is -0.331. The minimum atomic E-state index is -4.50. The van der Waals surface area contributed by atoms with Gasteiger partial charge in [0, 0.05) is 16.2 Å². The van der Waals surface area contributed by atoms with Gasteiger partial charge in [0.05, 0.1) is 5.69 Å². The largest absolute Gasteiger partial charge is 0.505 e. The number of hydrogen-bond donors (Lipinski definition) is 2. The second-order valence-corrected chi connectivity index (χ2v) is 7.35. The Hall–Kier alpha value is -3.29. The van der Waals surface area contributed by atoms with Gasteiger partial charge in [-0.25, -0.2) is 0 Å². The molecule has 4 aromatic carbocycles. The Balaban J connectivity index is 1.92. The number of aromatic hydroxyl groups is 1. The Labute approximate surface area is 155 Å². The molecule has 0 radical (unpaired) electrons. The van der Waals surface area contributed by atoms with Gasteiger partial charge in [0.25, 0.3) is 10.1 Å². The van der Waals surface area contributed by atoms with Gasteiger partial charge < -0.3 is 5.11 Å². The Kier molecular flexibility index (Phi) is 4.10. The summed E-state index contributed by atoms with van der Waals surface area (Å²) >= 11 is 0. The number of rotatable bonds is 3. The van der Waals surface area contributed by atoms with E-state index in [1.165, 1.54) is 6.07 Å². The van der Waals surface area contributed by atoms with Crippen LogP contribution in [0.2, 0.25) is 0 Å². The highest BCUT2D eigenvalue weighted by Crippen LogP contribution is 2.40. The van der Waals surface area contributed by atoms with Crippen LogP contribution in [0.3, 0.4) is 0 Å². The van der Waals surface area contributed by atoms with Gasteiger partial charge in [0.1, 0.15) is 10.6 Å². The summed E-state index contributed by atoms with van der Waals surface area (Å²) in [5, 5.41) is 21.1. The van der Waals surface area contributed by atoms with Crippen LogP contribution in [0.1, 0.15) is 0 Å². The summed E-state index contributed by atoms with van der Waals surface area (Å²) < 4.78 is 33.1. The van der Waals surface area contributed by atoms with Gasteiger partial charge in [-0.1, -0.05) is 60.7 Å². The van der Waals surface area contributed by atoms with E-state index >= 15 is 0 Å². The van der Waals surface area contributed by atoms with Crippen molar-refractivity contribution in [3.8, 4) is 5.75 Å². The Morgan fingerprint density at radius 1 is 0.704 bits per heavy atom. The third-order valence-electron chi connectivity index (χ3n) is 4.27. The van der Waals surface area contributed by atoms with E-state index in [0.29, 0.717) is 5.69 Å². The average Bonchev–Trinajstić information content (AvgIpc) is 2.66. The van der Waals surface area contributed by atoms with Crippen molar-refractivity contribution in [3.05, 3.63) is 72.8 Å². The lowest BCUT2D eigenvalue weighted by Gasteiger charge is -2.08. The van der Waals surface area contributed by atoms with Crippen LogP contribution < -0.4 is 0 Å². The van der Waals surface area contributed by atoms with Crippen LogP contribution in [-0.4, -0.2) is 18.1 Å². The second kappa shape index (κ2) is 6.46. The minimum Gasteiger partial charge on any atom is -0.505 e. The molecule has 0 aliphatic heterocycles.